The van der Waals surface area contributed by atoms with Gasteiger partial charge in [-0.25, -0.2) is 9.78 Å². The van der Waals surface area contributed by atoms with Crippen LogP contribution in [0.25, 0.3) is 28.1 Å². The lowest BCUT2D eigenvalue weighted by Crippen LogP contribution is -2.25. The highest BCUT2D eigenvalue weighted by Gasteiger charge is 2.34. The third kappa shape index (κ3) is 4.78. The molecule has 2 aromatic heterocycles. The Morgan fingerprint density at radius 3 is 2.47 bits per heavy atom. The van der Waals surface area contributed by atoms with Gasteiger partial charge in [-0.2, -0.15) is 5.21 Å². The zero-order chi connectivity index (χ0) is 26.9. The summed E-state index contributed by atoms with van der Waals surface area (Å²) in [6.45, 7) is 8.09. The first-order chi connectivity index (χ1) is 18.3. The minimum Gasteiger partial charge on any atom is -0.478 e. The molecule has 0 fully saturated rings. The van der Waals surface area contributed by atoms with Crippen LogP contribution in [0.3, 0.4) is 0 Å². The Bertz CT molecular complexity index is 1460. The minimum atomic E-state index is -0.849. The first-order valence-electron chi connectivity index (χ1n) is 13.3. The number of carboxylic acids is 1. The lowest BCUT2D eigenvalue weighted by atomic mass is 9.79. The van der Waals surface area contributed by atoms with E-state index in [0.717, 1.165) is 59.5 Å². The molecule has 0 amide bonds. The molecule has 38 heavy (non-hydrogen) atoms. The van der Waals surface area contributed by atoms with Gasteiger partial charge in [0.15, 0.2) is 0 Å². The van der Waals surface area contributed by atoms with Crippen LogP contribution in [0.4, 0.5) is 0 Å². The number of allylic oxidation sites excluding steroid dienone is 1. The van der Waals surface area contributed by atoms with Crippen molar-refractivity contribution >= 4 is 11.5 Å². The molecule has 196 valence electrons. The number of aliphatic carboxylic acids is 1. The van der Waals surface area contributed by atoms with Crippen molar-refractivity contribution in [1.82, 2.24) is 30.2 Å². The molecule has 0 bridgehead atoms. The van der Waals surface area contributed by atoms with Gasteiger partial charge in [0.05, 0.1) is 17.9 Å². The predicted octanol–water partition coefficient (Wildman–Crippen LogP) is 6.34. The van der Waals surface area contributed by atoms with E-state index < -0.39 is 11.4 Å². The zero-order valence-corrected chi connectivity index (χ0v) is 22.4. The summed E-state index contributed by atoms with van der Waals surface area (Å²) in [6.07, 6.45) is 6.39. The molecule has 2 N–H and O–H groups in total. The largest absolute Gasteiger partial charge is 0.478 e. The quantitative estimate of drug-likeness (QED) is 0.281. The summed E-state index contributed by atoms with van der Waals surface area (Å²) in [5.41, 5.74) is 6.07. The number of nitrogens with one attached hydrogen (secondary N) is 1. The number of nitrogens with zero attached hydrogens (tertiary/aromatic N) is 5. The van der Waals surface area contributed by atoms with Gasteiger partial charge in [-0.15, -0.1) is 10.2 Å². The van der Waals surface area contributed by atoms with Crippen molar-refractivity contribution in [2.24, 2.45) is 5.41 Å². The van der Waals surface area contributed by atoms with Crippen molar-refractivity contribution in [3.63, 3.8) is 0 Å². The van der Waals surface area contributed by atoms with Gasteiger partial charge in [0.2, 0.25) is 5.82 Å². The van der Waals surface area contributed by atoms with Crippen LogP contribution < -0.4 is 0 Å². The summed E-state index contributed by atoms with van der Waals surface area (Å²) >= 11 is 0. The van der Waals surface area contributed by atoms with Gasteiger partial charge in [0, 0.05) is 17.6 Å². The summed E-state index contributed by atoms with van der Waals surface area (Å²) in [6, 6.07) is 16.8. The molecular formula is C30H34N6O2. The van der Waals surface area contributed by atoms with Crippen molar-refractivity contribution in [3.8, 4) is 22.5 Å². The summed E-state index contributed by atoms with van der Waals surface area (Å²) in [5.74, 6) is 0.737. The Labute approximate surface area is 222 Å². The number of aromatic nitrogens is 6. The molecule has 5 rings (SSSR count). The highest BCUT2D eigenvalue weighted by Crippen LogP contribution is 2.43. The van der Waals surface area contributed by atoms with E-state index >= 15 is 0 Å². The van der Waals surface area contributed by atoms with Crippen LogP contribution >= 0.6 is 0 Å². The van der Waals surface area contributed by atoms with Crippen molar-refractivity contribution in [3.05, 3.63) is 77.4 Å². The van der Waals surface area contributed by atoms with Crippen molar-refractivity contribution in [2.45, 2.75) is 65.8 Å². The molecule has 1 unspecified atom stereocenters. The third-order valence-electron chi connectivity index (χ3n) is 7.30. The Morgan fingerprint density at radius 2 is 1.84 bits per heavy atom. The molecule has 8 heteroatoms. The SMILES string of the molecule is CCCCc1ncc2n1C(c1ccc(-c3ccccc3-c3nn[nH]n3)cc1)CC/C2=C(/C(=O)O)C(C)(C)C. The molecule has 8 nitrogen and oxygen atoms in total. The Morgan fingerprint density at radius 1 is 1.11 bits per heavy atom. The second kappa shape index (κ2) is 10.4. The van der Waals surface area contributed by atoms with E-state index in [1.807, 2.05) is 45.2 Å². The highest BCUT2D eigenvalue weighted by atomic mass is 16.4. The van der Waals surface area contributed by atoms with Crippen molar-refractivity contribution < 1.29 is 9.90 Å². The van der Waals surface area contributed by atoms with E-state index in [1.54, 1.807) is 0 Å². The predicted molar refractivity (Wildman–Crippen MR) is 147 cm³/mol. The van der Waals surface area contributed by atoms with Crippen LogP contribution in [0.15, 0.2) is 60.3 Å². The number of rotatable bonds is 7. The number of carboxylic acid groups (broad SMARTS) is 1. The second-order valence-corrected chi connectivity index (χ2v) is 10.9. The molecule has 1 aliphatic rings. The highest BCUT2D eigenvalue weighted by molar-refractivity contribution is 5.97. The number of hydrogen-bond donors (Lipinski definition) is 2. The first-order valence-corrected chi connectivity index (χ1v) is 13.3. The number of aromatic amines is 1. The van der Waals surface area contributed by atoms with E-state index in [2.05, 4.69) is 62.4 Å². The molecule has 0 spiro atoms. The van der Waals surface area contributed by atoms with E-state index in [0.29, 0.717) is 17.8 Å². The molecule has 1 atom stereocenters. The van der Waals surface area contributed by atoms with Crippen LogP contribution in [-0.2, 0) is 11.2 Å². The van der Waals surface area contributed by atoms with Gasteiger partial charge < -0.3 is 9.67 Å². The number of carbonyl (C=O) groups is 1. The molecule has 2 aromatic carbocycles. The molecule has 3 heterocycles. The smallest absolute Gasteiger partial charge is 0.332 e. The van der Waals surface area contributed by atoms with Gasteiger partial charge >= 0.3 is 5.97 Å². The van der Waals surface area contributed by atoms with Gasteiger partial charge in [0.25, 0.3) is 0 Å². The first kappa shape index (κ1) is 25.6. The van der Waals surface area contributed by atoms with E-state index in [1.165, 1.54) is 5.56 Å². The maximum Gasteiger partial charge on any atom is 0.332 e. The lowest BCUT2D eigenvalue weighted by Gasteiger charge is -2.33. The average molecular weight is 511 g/mol. The summed E-state index contributed by atoms with van der Waals surface area (Å²) in [5, 5.41) is 24.7. The van der Waals surface area contributed by atoms with Gasteiger partial charge in [-0.3, -0.25) is 0 Å². The number of hydrogen-bond acceptors (Lipinski definition) is 5. The number of aryl methyl sites for hydroxylation is 1. The standard InChI is InChI=1S/C30H34N6O2/c1-5-6-11-26-31-18-25-23(27(29(37)38)30(2,3)4)16-17-24(36(25)26)20-14-12-19(13-15-20)21-9-7-8-10-22(21)28-32-34-35-33-28/h7-10,12-15,18,24H,5-6,11,16-17H2,1-4H3,(H,37,38)(H,32,33,34,35)/b27-23+. The molecule has 0 aliphatic carbocycles. The van der Waals surface area contributed by atoms with Gasteiger partial charge in [-0.05, 0) is 52.2 Å². The van der Waals surface area contributed by atoms with Crippen LogP contribution in [0, 0.1) is 5.41 Å². The summed E-state index contributed by atoms with van der Waals surface area (Å²) < 4.78 is 2.30. The fourth-order valence-electron chi connectivity index (χ4n) is 5.59. The zero-order valence-electron chi connectivity index (χ0n) is 22.4. The fourth-order valence-corrected chi connectivity index (χ4v) is 5.59. The van der Waals surface area contributed by atoms with E-state index in [4.69, 9.17) is 4.98 Å². The number of unbranched alkanes of at least 4 members (excludes halogenated alkanes) is 1. The van der Waals surface area contributed by atoms with Crippen LogP contribution in [0.2, 0.25) is 0 Å². The third-order valence-corrected chi connectivity index (χ3v) is 7.30. The maximum absolute atomic E-state index is 12.4. The molecule has 4 aromatic rings. The fraction of sp³-hybridized carbons (Fsp3) is 0.367. The molecule has 0 radical (unpaired) electrons. The second-order valence-electron chi connectivity index (χ2n) is 10.9. The Kier molecular flexibility index (Phi) is 6.97. The summed E-state index contributed by atoms with van der Waals surface area (Å²) in [4.78, 5) is 17.2. The average Bonchev–Trinajstić information content (AvgIpc) is 3.58. The van der Waals surface area contributed by atoms with Crippen molar-refractivity contribution in [2.75, 3.05) is 0 Å². The number of fused-ring (bicyclic) bond motifs is 1. The normalized spacial score (nSPS) is 16.8. The molecule has 1 aliphatic heterocycles. The Balaban J connectivity index is 1.56. The number of tetrazole rings is 1. The number of imidazole rings is 1. The van der Waals surface area contributed by atoms with Crippen LogP contribution in [-0.4, -0.2) is 41.3 Å². The van der Waals surface area contributed by atoms with Crippen LogP contribution in [0.5, 0.6) is 0 Å². The van der Waals surface area contributed by atoms with E-state index in [9.17, 15) is 9.90 Å². The number of H-pyrrole nitrogens is 1. The van der Waals surface area contributed by atoms with Crippen LogP contribution in [0.1, 0.15) is 76.5 Å². The van der Waals surface area contributed by atoms with E-state index in [-0.39, 0.29) is 6.04 Å². The van der Waals surface area contributed by atoms with Crippen molar-refractivity contribution in [1.29, 1.82) is 0 Å². The molecule has 0 saturated carbocycles. The lowest BCUT2D eigenvalue weighted by molar-refractivity contribution is -0.133. The summed E-state index contributed by atoms with van der Waals surface area (Å²) in [7, 11) is 0. The monoisotopic (exact) mass is 510 g/mol. The van der Waals surface area contributed by atoms with Gasteiger partial charge in [0.1, 0.15) is 5.82 Å². The maximum atomic E-state index is 12.4. The minimum absolute atomic E-state index is 0.0969. The molecular weight excluding hydrogens is 476 g/mol. The molecule has 0 saturated heterocycles. The topological polar surface area (TPSA) is 110 Å². The van der Waals surface area contributed by atoms with Gasteiger partial charge in [-0.1, -0.05) is 82.6 Å². The Hall–Kier alpha value is -4.07. The number of benzene rings is 2.